The van der Waals surface area contributed by atoms with Gasteiger partial charge in [-0.25, -0.2) is 13.2 Å². The van der Waals surface area contributed by atoms with Gasteiger partial charge in [-0.1, -0.05) is 0 Å². The molecule has 0 aromatic carbocycles. The number of carbonyl (C=O) groups is 1. The molecule has 2 amide bonds. The van der Waals surface area contributed by atoms with Crippen molar-refractivity contribution in [3.8, 4) is 0 Å². The van der Waals surface area contributed by atoms with Crippen LogP contribution in [0.5, 0.6) is 0 Å². The van der Waals surface area contributed by atoms with E-state index in [-0.39, 0.29) is 23.6 Å². The summed E-state index contributed by atoms with van der Waals surface area (Å²) in [4.78, 5) is 13.3. The van der Waals surface area contributed by atoms with E-state index in [1.807, 2.05) is 0 Å². The number of hydrogen-bond acceptors (Lipinski definition) is 4. The first kappa shape index (κ1) is 11.7. The van der Waals surface area contributed by atoms with Crippen LogP contribution in [0.1, 0.15) is 6.42 Å². The molecule has 92 valence electrons. The predicted molar refractivity (Wildman–Crippen MR) is 58.0 cm³/mol. The van der Waals surface area contributed by atoms with Crippen LogP contribution in [-0.4, -0.2) is 63.2 Å². The van der Waals surface area contributed by atoms with Gasteiger partial charge in [0.15, 0.2) is 9.84 Å². The monoisotopic (exact) mass is 248 g/mol. The largest absolute Gasteiger partial charge is 0.379 e. The molecular formula is C9H16N2O4S. The number of carbonyl (C=O) groups excluding carboxylic acids is 1. The Labute approximate surface area is 94.9 Å². The zero-order valence-electron chi connectivity index (χ0n) is 9.02. The Morgan fingerprint density at radius 3 is 2.56 bits per heavy atom. The van der Waals surface area contributed by atoms with Gasteiger partial charge in [-0.2, -0.15) is 0 Å². The third-order valence-electron chi connectivity index (χ3n) is 2.89. The lowest BCUT2D eigenvalue weighted by molar-refractivity contribution is 0.179. The first-order valence-electron chi connectivity index (χ1n) is 5.40. The number of rotatable bonds is 1. The predicted octanol–water partition coefficient (Wildman–Crippen LogP) is -0.785. The Hall–Kier alpha value is -0.820. The number of nitrogens with one attached hydrogen (secondary N) is 1. The van der Waals surface area contributed by atoms with Crippen molar-refractivity contribution < 1.29 is 17.9 Å². The quantitative estimate of drug-likeness (QED) is 0.660. The molecule has 2 aliphatic rings. The van der Waals surface area contributed by atoms with E-state index < -0.39 is 9.84 Å². The number of urea groups is 1. The number of amides is 2. The molecule has 2 saturated heterocycles. The Bertz CT molecular complexity index is 348. The summed E-state index contributed by atoms with van der Waals surface area (Å²) in [6.07, 6.45) is 0.831. The van der Waals surface area contributed by atoms with Crippen LogP contribution in [0.4, 0.5) is 4.79 Å². The maximum Gasteiger partial charge on any atom is 0.317 e. The molecule has 0 radical (unpaired) electrons. The van der Waals surface area contributed by atoms with Crippen LogP contribution in [0.2, 0.25) is 0 Å². The van der Waals surface area contributed by atoms with Gasteiger partial charge in [-0.3, -0.25) is 0 Å². The zero-order valence-corrected chi connectivity index (χ0v) is 9.83. The lowest BCUT2D eigenvalue weighted by atomic mass is 10.3. The summed E-state index contributed by atoms with van der Waals surface area (Å²) in [5.41, 5.74) is 0. The molecule has 0 spiro atoms. The molecule has 2 aliphatic heterocycles. The minimum atomic E-state index is -2.92. The standard InChI is InChI=1S/C9H16N2O4S/c12-9(10-8-1-4-15-7-8)11-2-5-16(13,14)6-3-11/h8H,1-7H2,(H,10,12). The van der Waals surface area contributed by atoms with E-state index in [2.05, 4.69) is 5.32 Å². The summed E-state index contributed by atoms with van der Waals surface area (Å²) >= 11 is 0. The van der Waals surface area contributed by atoms with Gasteiger partial charge in [0.1, 0.15) is 0 Å². The molecule has 6 nitrogen and oxygen atoms in total. The van der Waals surface area contributed by atoms with Gasteiger partial charge in [-0.05, 0) is 6.42 Å². The molecule has 2 rings (SSSR count). The zero-order chi connectivity index (χ0) is 11.6. The van der Waals surface area contributed by atoms with Crippen LogP contribution in [0, 0.1) is 0 Å². The number of ether oxygens (including phenoxy) is 1. The molecule has 1 unspecified atom stereocenters. The van der Waals surface area contributed by atoms with E-state index in [0.29, 0.717) is 26.3 Å². The van der Waals surface area contributed by atoms with Gasteiger partial charge in [0, 0.05) is 19.7 Å². The molecule has 0 saturated carbocycles. The van der Waals surface area contributed by atoms with Crippen molar-refractivity contribution in [1.29, 1.82) is 0 Å². The highest BCUT2D eigenvalue weighted by molar-refractivity contribution is 7.91. The highest BCUT2D eigenvalue weighted by atomic mass is 32.2. The maximum atomic E-state index is 11.7. The van der Waals surface area contributed by atoms with Crippen LogP contribution in [-0.2, 0) is 14.6 Å². The van der Waals surface area contributed by atoms with E-state index >= 15 is 0 Å². The van der Waals surface area contributed by atoms with Crippen molar-refractivity contribution in [2.75, 3.05) is 37.8 Å². The maximum absolute atomic E-state index is 11.7. The lowest BCUT2D eigenvalue weighted by Gasteiger charge is -2.27. The molecule has 0 aromatic heterocycles. The third kappa shape index (κ3) is 2.85. The summed E-state index contributed by atoms with van der Waals surface area (Å²) in [7, 11) is -2.92. The molecule has 7 heteroatoms. The number of nitrogens with zero attached hydrogens (tertiary/aromatic N) is 1. The van der Waals surface area contributed by atoms with Crippen molar-refractivity contribution in [3.05, 3.63) is 0 Å². The molecular weight excluding hydrogens is 232 g/mol. The van der Waals surface area contributed by atoms with Gasteiger partial charge in [0.25, 0.3) is 0 Å². The molecule has 0 aromatic rings. The average molecular weight is 248 g/mol. The Balaban J connectivity index is 1.82. The molecule has 2 fully saturated rings. The number of hydrogen-bond donors (Lipinski definition) is 1. The molecule has 0 aliphatic carbocycles. The SMILES string of the molecule is O=C(NC1CCOC1)N1CCS(=O)(=O)CC1. The van der Waals surface area contributed by atoms with Gasteiger partial charge in [-0.15, -0.1) is 0 Å². The molecule has 1 atom stereocenters. The van der Waals surface area contributed by atoms with Crippen molar-refractivity contribution in [2.24, 2.45) is 0 Å². The summed E-state index contributed by atoms with van der Waals surface area (Å²) in [5.74, 6) is 0.142. The summed E-state index contributed by atoms with van der Waals surface area (Å²) < 4.78 is 27.5. The minimum Gasteiger partial charge on any atom is -0.379 e. The first-order chi connectivity index (χ1) is 7.57. The van der Waals surface area contributed by atoms with Crippen LogP contribution in [0.15, 0.2) is 0 Å². The number of sulfone groups is 1. The van der Waals surface area contributed by atoms with Gasteiger partial charge >= 0.3 is 6.03 Å². The average Bonchev–Trinajstić information content (AvgIpc) is 2.70. The summed E-state index contributed by atoms with van der Waals surface area (Å²) in [5, 5.41) is 2.84. The topological polar surface area (TPSA) is 75.7 Å². The van der Waals surface area contributed by atoms with Crippen LogP contribution in [0.25, 0.3) is 0 Å². The van der Waals surface area contributed by atoms with Gasteiger partial charge < -0.3 is 15.0 Å². The van der Waals surface area contributed by atoms with Crippen molar-refractivity contribution >= 4 is 15.9 Å². The second-order valence-electron chi connectivity index (χ2n) is 4.15. The van der Waals surface area contributed by atoms with Crippen LogP contribution in [0.3, 0.4) is 0 Å². The molecule has 16 heavy (non-hydrogen) atoms. The fourth-order valence-electron chi connectivity index (χ4n) is 1.83. The molecule has 1 N–H and O–H groups in total. The normalized spacial score (nSPS) is 29.0. The van der Waals surface area contributed by atoms with Crippen molar-refractivity contribution in [3.63, 3.8) is 0 Å². The van der Waals surface area contributed by atoms with E-state index in [0.717, 1.165) is 6.42 Å². The van der Waals surface area contributed by atoms with E-state index in [9.17, 15) is 13.2 Å². The smallest absolute Gasteiger partial charge is 0.317 e. The lowest BCUT2D eigenvalue weighted by Crippen LogP contribution is -2.50. The van der Waals surface area contributed by atoms with Crippen LogP contribution < -0.4 is 5.32 Å². The highest BCUT2D eigenvalue weighted by Crippen LogP contribution is 2.07. The van der Waals surface area contributed by atoms with Crippen molar-refractivity contribution in [2.45, 2.75) is 12.5 Å². The van der Waals surface area contributed by atoms with E-state index in [4.69, 9.17) is 4.74 Å². The summed E-state index contributed by atoms with van der Waals surface area (Å²) in [6.45, 7) is 1.82. The second-order valence-corrected chi connectivity index (χ2v) is 6.45. The van der Waals surface area contributed by atoms with Crippen LogP contribution >= 0.6 is 0 Å². The van der Waals surface area contributed by atoms with Gasteiger partial charge in [0.05, 0.1) is 24.2 Å². The van der Waals surface area contributed by atoms with E-state index in [1.54, 1.807) is 4.90 Å². The minimum absolute atomic E-state index is 0.0710. The van der Waals surface area contributed by atoms with Gasteiger partial charge in [0.2, 0.25) is 0 Å². The Kier molecular flexibility index (Phi) is 3.34. The first-order valence-corrected chi connectivity index (χ1v) is 7.22. The Morgan fingerprint density at radius 2 is 2.00 bits per heavy atom. The second kappa shape index (κ2) is 4.58. The molecule has 0 bridgehead atoms. The highest BCUT2D eigenvalue weighted by Gasteiger charge is 2.27. The van der Waals surface area contributed by atoms with E-state index in [1.165, 1.54) is 0 Å². The summed E-state index contributed by atoms with van der Waals surface area (Å²) in [6, 6.07) is -0.101. The fraction of sp³-hybridized carbons (Fsp3) is 0.889. The fourth-order valence-corrected chi connectivity index (χ4v) is 3.03. The molecule has 2 heterocycles. The van der Waals surface area contributed by atoms with Crippen molar-refractivity contribution in [1.82, 2.24) is 10.2 Å². The third-order valence-corrected chi connectivity index (χ3v) is 4.50. The Morgan fingerprint density at radius 1 is 1.31 bits per heavy atom.